The number of carbonyl (C=O) groups excluding carboxylic acids is 1. The van der Waals surface area contributed by atoms with Crippen LogP contribution in [0, 0.1) is 17.0 Å². The first-order chi connectivity index (χ1) is 7.58. The van der Waals surface area contributed by atoms with E-state index in [9.17, 15) is 14.9 Å². The third-order valence-corrected chi connectivity index (χ3v) is 2.83. The summed E-state index contributed by atoms with van der Waals surface area (Å²) in [5.41, 5.74) is 1.56. The summed E-state index contributed by atoms with van der Waals surface area (Å²) >= 11 is 0. The summed E-state index contributed by atoms with van der Waals surface area (Å²) in [5, 5.41) is 13.6. The van der Waals surface area contributed by atoms with Gasteiger partial charge in [0.1, 0.15) is 0 Å². The largest absolute Gasteiger partial charge is 0.349 e. The van der Waals surface area contributed by atoms with Gasteiger partial charge in [-0.05, 0) is 18.9 Å². The Labute approximate surface area is 92.6 Å². The summed E-state index contributed by atoms with van der Waals surface area (Å²) in [4.78, 5) is 21.4. The van der Waals surface area contributed by atoms with Crippen LogP contribution in [-0.4, -0.2) is 10.8 Å². The molecule has 0 aromatic heterocycles. The predicted octanol–water partition coefficient (Wildman–Crippen LogP) is 1.85. The van der Waals surface area contributed by atoms with Crippen LogP contribution < -0.4 is 5.32 Å². The highest BCUT2D eigenvalue weighted by Gasteiger charge is 2.24. The number of rotatable bonds is 2. The maximum absolute atomic E-state index is 11.1. The molecule has 0 spiro atoms. The van der Waals surface area contributed by atoms with E-state index in [-0.39, 0.29) is 17.6 Å². The van der Waals surface area contributed by atoms with E-state index in [4.69, 9.17) is 0 Å². The average molecular weight is 220 g/mol. The Hall–Kier alpha value is -1.91. The van der Waals surface area contributed by atoms with Crippen molar-refractivity contribution in [1.82, 2.24) is 5.32 Å². The van der Waals surface area contributed by atoms with Crippen LogP contribution in [0.2, 0.25) is 0 Å². The van der Waals surface area contributed by atoms with Gasteiger partial charge in [-0.1, -0.05) is 12.1 Å². The lowest BCUT2D eigenvalue weighted by Gasteiger charge is -2.10. The van der Waals surface area contributed by atoms with Gasteiger partial charge in [-0.15, -0.1) is 0 Å². The van der Waals surface area contributed by atoms with Gasteiger partial charge in [0.15, 0.2) is 0 Å². The molecule has 1 heterocycles. The minimum Gasteiger partial charge on any atom is -0.349 e. The second kappa shape index (κ2) is 3.92. The SMILES string of the molecule is Cc1ccc(C2CCC(=O)N2)cc1[N+](=O)[O-]. The fourth-order valence-electron chi connectivity index (χ4n) is 1.90. The minimum absolute atomic E-state index is 0.00762. The van der Waals surface area contributed by atoms with Crippen LogP contribution >= 0.6 is 0 Å². The molecular weight excluding hydrogens is 208 g/mol. The Morgan fingerprint density at radius 2 is 2.25 bits per heavy atom. The van der Waals surface area contributed by atoms with Gasteiger partial charge in [0.2, 0.25) is 5.91 Å². The summed E-state index contributed by atoms with van der Waals surface area (Å²) in [5.74, 6) is 0.00762. The molecule has 1 atom stereocenters. The molecule has 16 heavy (non-hydrogen) atoms. The lowest BCUT2D eigenvalue weighted by molar-refractivity contribution is -0.385. The molecule has 5 nitrogen and oxygen atoms in total. The number of aryl methyl sites for hydroxylation is 1. The van der Waals surface area contributed by atoms with Crippen molar-refractivity contribution in [3.63, 3.8) is 0 Å². The number of nitrogens with one attached hydrogen (secondary N) is 1. The molecule has 0 aliphatic carbocycles. The maximum Gasteiger partial charge on any atom is 0.272 e. The predicted molar refractivity (Wildman–Crippen MR) is 58.0 cm³/mol. The zero-order chi connectivity index (χ0) is 11.7. The van der Waals surface area contributed by atoms with Gasteiger partial charge in [-0.25, -0.2) is 0 Å². The van der Waals surface area contributed by atoms with Gasteiger partial charge >= 0.3 is 0 Å². The number of amides is 1. The van der Waals surface area contributed by atoms with Crippen LogP contribution in [0.3, 0.4) is 0 Å². The lowest BCUT2D eigenvalue weighted by atomic mass is 10.0. The lowest BCUT2D eigenvalue weighted by Crippen LogP contribution is -2.18. The highest BCUT2D eigenvalue weighted by atomic mass is 16.6. The van der Waals surface area contributed by atoms with E-state index < -0.39 is 4.92 Å². The van der Waals surface area contributed by atoms with Crippen molar-refractivity contribution < 1.29 is 9.72 Å². The molecular formula is C11H12N2O3. The first kappa shape index (κ1) is 10.6. The van der Waals surface area contributed by atoms with E-state index >= 15 is 0 Å². The molecule has 1 aromatic carbocycles. The minimum atomic E-state index is -0.393. The normalized spacial score (nSPS) is 19.6. The van der Waals surface area contributed by atoms with Gasteiger partial charge in [0, 0.05) is 18.1 Å². The van der Waals surface area contributed by atoms with E-state index in [2.05, 4.69) is 5.32 Å². The number of nitro groups is 1. The number of carbonyl (C=O) groups is 1. The van der Waals surface area contributed by atoms with Crippen molar-refractivity contribution in [3.8, 4) is 0 Å². The van der Waals surface area contributed by atoms with E-state index in [0.717, 1.165) is 5.56 Å². The zero-order valence-corrected chi connectivity index (χ0v) is 8.90. The van der Waals surface area contributed by atoms with Gasteiger partial charge in [-0.2, -0.15) is 0 Å². The van der Waals surface area contributed by atoms with Crippen molar-refractivity contribution in [2.75, 3.05) is 0 Å². The number of hydrogen-bond acceptors (Lipinski definition) is 3. The Morgan fingerprint density at radius 1 is 1.50 bits per heavy atom. The highest BCUT2D eigenvalue weighted by Crippen LogP contribution is 2.28. The smallest absolute Gasteiger partial charge is 0.272 e. The molecule has 0 bridgehead atoms. The number of hydrogen-bond donors (Lipinski definition) is 1. The summed E-state index contributed by atoms with van der Waals surface area (Å²) < 4.78 is 0. The number of nitro benzene ring substituents is 1. The molecule has 84 valence electrons. The second-order valence-electron chi connectivity index (χ2n) is 3.96. The van der Waals surface area contributed by atoms with Gasteiger partial charge in [0.05, 0.1) is 11.0 Å². The quantitative estimate of drug-likeness (QED) is 0.610. The highest BCUT2D eigenvalue weighted by molar-refractivity contribution is 5.78. The third kappa shape index (κ3) is 1.88. The first-order valence-corrected chi connectivity index (χ1v) is 5.12. The van der Waals surface area contributed by atoms with Crippen molar-refractivity contribution >= 4 is 11.6 Å². The van der Waals surface area contributed by atoms with Crippen LogP contribution in [-0.2, 0) is 4.79 Å². The average Bonchev–Trinajstić information content (AvgIpc) is 2.65. The van der Waals surface area contributed by atoms with Crippen molar-refractivity contribution in [2.24, 2.45) is 0 Å². The second-order valence-corrected chi connectivity index (χ2v) is 3.96. The Kier molecular flexibility index (Phi) is 2.60. The molecule has 1 aliphatic rings. The summed E-state index contributed by atoms with van der Waals surface area (Å²) in [7, 11) is 0. The Bertz CT molecular complexity index is 457. The van der Waals surface area contributed by atoms with E-state index in [1.807, 2.05) is 6.07 Å². The fourth-order valence-corrected chi connectivity index (χ4v) is 1.90. The first-order valence-electron chi connectivity index (χ1n) is 5.12. The zero-order valence-electron chi connectivity index (χ0n) is 8.90. The topological polar surface area (TPSA) is 72.2 Å². The van der Waals surface area contributed by atoms with Gasteiger partial charge < -0.3 is 5.32 Å². The number of benzene rings is 1. The fraction of sp³-hybridized carbons (Fsp3) is 0.364. The van der Waals surface area contributed by atoms with Crippen molar-refractivity contribution in [3.05, 3.63) is 39.4 Å². The van der Waals surface area contributed by atoms with Crippen molar-refractivity contribution in [1.29, 1.82) is 0 Å². The Morgan fingerprint density at radius 3 is 2.81 bits per heavy atom. The summed E-state index contributed by atoms with van der Waals surface area (Å²) in [6, 6.07) is 5.02. The molecule has 2 rings (SSSR count). The maximum atomic E-state index is 11.1. The summed E-state index contributed by atoms with van der Waals surface area (Å²) in [6.07, 6.45) is 1.20. The van der Waals surface area contributed by atoms with Crippen LogP contribution in [0.5, 0.6) is 0 Å². The van der Waals surface area contributed by atoms with E-state index in [1.54, 1.807) is 19.1 Å². The molecule has 1 N–H and O–H groups in total. The molecule has 1 aromatic rings. The van der Waals surface area contributed by atoms with Crippen LogP contribution in [0.25, 0.3) is 0 Å². The molecule has 0 radical (unpaired) electrons. The molecule has 1 fully saturated rings. The van der Waals surface area contributed by atoms with Crippen molar-refractivity contribution in [2.45, 2.75) is 25.8 Å². The molecule has 0 saturated carbocycles. The van der Waals surface area contributed by atoms with Gasteiger partial charge in [0.25, 0.3) is 5.69 Å². The molecule has 1 unspecified atom stereocenters. The third-order valence-electron chi connectivity index (χ3n) is 2.83. The van der Waals surface area contributed by atoms with Crippen LogP contribution in [0.15, 0.2) is 18.2 Å². The molecule has 1 aliphatic heterocycles. The van der Waals surface area contributed by atoms with Crippen LogP contribution in [0.4, 0.5) is 5.69 Å². The van der Waals surface area contributed by atoms with E-state index in [0.29, 0.717) is 18.4 Å². The summed E-state index contributed by atoms with van der Waals surface area (Å²) in [6.45, 7) is 1.70. The number of nitrogens with zero attached hydrogens (tertiary/aromatic N) is 1. The standard InChI is InChI=1S/C11H12N2O3/c1-7-2-3-8(6-10(7)13(15)16)9-4-5-11(14)12-9/h2-3,6,9H,4-5H2,1H3,(H,12,14). The molecule has 1 saturated heterocycles. The Balaban J connectivity index is 2.32. The van der Waals surface area contributed by atoms with Gasteiger partial charge in [-0.3, -0.25) is 14.9 Å². The molecule has 5 heteroatoms. The molecule has 1 amide bonds. The van der Waals surface area contributed by atoms with Crippen LogP contribution in [0.1, 0.15) is 30.0 Å². The monoisotopic (exact) mass is 220 g/mol. The van der Waals surface area contributed by atoms with E-state index in [1.165, 1.54) is 0 Å².